The summed E-state index contributed by atoms with van der Waals surface area (Å²) < 4.78 is 39.0. The van der Waals surface area contributed by atoms with Crippen molar-refractivity contribution in [2.24, 2.45) is 5.41 Å². The summed E-state index contributed by atoms with van der Waals surface area (Å²) in [5.41, 5.74) is 1.10. The first-order valence-corrected chi connectivity index (χ1v) is 9.67. The van der Waals surface area contributed by atoms with Crippen molar-refractivity contribution in [2.45, 2.75) is 20.8 Å². The monoisotopic (exact) mass is 423 g/mol. The van der Waals surface area contributed by atoms with Crippen LogP contribution in [0.3, 0.4) is 0 Å². The number of hydrogen-bond donors (Lipinski definition) is 0. The molecule has 0 spiro atoms. The van der Waals surface area contributed by atoms with Crippen LogP contribution in [0.25, 0.3) is 5.69 Å². The first kappa shape index (κ1) is 22.1. The molecule has 3 aromatic rings. The zero-order chi connectivity index (χ0) is 22.6. The molecular formula is C25H23F2NO3. The van der Waals surface area contributed by atoms with Gasteiger partial charge in [0, 0.05) is 29.5 Å². The smallest absolute Gasteiger partial charge is 0.256 e. The van der Waals surface area contributed by atoms with Crippen LogP contribution in [-0.4, -0.2) is 18.3 Å². The highest BCUT2D eigenvalue weighted by molar-refractivity contribution is 5.50. The van der Waals surface area contributed by atoms with E-state index in [1.54, 1.807) is 37.6 Å². The van der Waals surface area contributed by atoms with Crippen LogP contribution in [0.5, 0.6) is 11.5 Å². The van der Waals surface area contributed by atoms with Crippen LogP contribution < -0.4 is 15.0 Å². The van der Waals surface area contributed by atoms with Crippen molar-refractivity contribution in [3.8, 4) is 29.0 Å². The van der Waals surface area contributed by atoms with Crippen LogP contribution in [0.4, 0.5) is 8.78 Å². The molecule has 0 aliphatic heterocycles. The third kappa shape index (κ3) is 5.73. The van der Waals surface area contributed by atoms with Crippen molar-refractivity contribution in [1.29, 1.82) is 0 Å². The Morgan fingerprint density at radius 1 is 0.903 bits per heavy atom. The number of methoxy groups -OCH3 is 1. The normalized spacial score (nSPS) is 10.9. The summed E-state index contributed by atoms with van der Waals surface area (Å²) in [5.74, 6) is 4.74. The predicted molar refractivity (Wildman–Crippen MR) is 116 cm³/mol. The van der Waals surface area contributed by atoms with E-state index >= 15 is 0 Å². The second-order valence-corrected chi connectivity index (χ2v) is 8.19. The van der Waals surface area contributed by atoms with Crippen molar-refractivity contribution in [3.63, 3.8) is 0 Å². The van der Waals surface area contributed by atoms with Gasteiger partial charge in [-0.2, -0.15) is 0 Å². The van der Waals surface area contributed by atoms with Gasteiger partial charge in [-0.05, 0) is 41.8 Å². The van der Waals surface area contributed by atoms with E-state index in [1.807, 2.05) is 0 Å². The molecule has 31 heavy (non-hydrogen) atoms. The average Bonchev–Trinajstić information content (AvgIpc) is 2.72. The summed E-state index contributed by atoms with van der Waals surface area (Å²) in [5, 5.41) is 0. The van der Waals surface area contributed by atoms with Gasteiger partial charge in [-0.3, -0.25) is 9.36 Å². The van der Waals surface area contributed by atoms with Crippen molar-refractivity contribution in [1.82, 2.24) is 4.57 Å². The van der Waals surface area contributed by atoms with Crippen molar-refractivity contribution in [3.05, 3.63) is 87.8 Å². The van der Waals surface area contributed by atoms with E-state index in [9.17, 15) is 13.6 Å². The molecular weight excluding hydrogens is 400 g/mol. The highest BCUT2D eigenvalue weighted by atomic mass is 19.2. The highest BCUT2D eigenvalue weighted by Gasteiger charge is 2.14. The van der Waals surface area contributed by atoms with Gasteiger partial charge in [0.25, 0.3) is 5.56 Å². The molecule has 1 heterocycles. The molecule has 0 amide bonds. The van der Waals surface area contributed by atoms with Crippen molar-refractivity contribution < 1.29 is 18.3 Å². The number of ether oxygens (including phenoxy) is 2. The van der Waals surface area contributed by atoms with Gasteiger partial charge in [0.2, 0.25) is 0 Å². The largest absolute Gasteiger partial charge is 0.493 e. The molecule has 0 aliphatic carbocycles. The molecule has 0 N–H and O–H groups in total. The summed E-state index contributed by atoms with van der Waals surface area (Å²) >= 11 is 0. The molecule has 0 fully saturated rings. The van der Waals surface area contributed by atoms with E-state index < -0.39 is 11.6 Å². The maximum Gasteiger partial charge on any atom is 0.256 e. The predicted octanol–water partition coefficient (Wildman–Crippen LogP) is 4.95. The van der Waals surface area contributed by atoms with Gasteiger partial charge in [-0.25, -0.2) is 8.78 Å². The lowest BCUT2D eigenvalue weighted by Gasteiger charge is -2.20. The number of nitrogens with zero attached hydrogens (tertiary/aromatic N) is 1. The Bertz CT molecular complexity index is 1210. The molecule has 1 aromatic heterocycles. The molecule has 0 bridgehead atoms. The van der Waals surface area contributed by atoms with E-state index in [1.165, 1.54) is 16.7 Å². The Hall–Kier alpha value is -3.59. The van der Waals surface area contributed by atoms with Gasteiger partial charge in [-0.15, -0.1) is 0 Å². The van der Waals surface area contributed by atoms with E-state index in [-0.39, 0.29) is 11.0 Å². The molecule has 3 rings (SSSR count). The minimum absolute atomic E-state index is 0.00281. The fraction of sp³-hybridized carbons (Fsp3) is 0.240. The standard InChI is InChI=1S/C25H23F2NO3/c1-25(2,3)16-31-22-10-8-19(15-23(22)30-4)28-12-11-18(14-24(28)29)6-5-17-7-9-20(26)21(27)13-17/h7-15H,16H2,1-4H3. The second kappa shape index (κ2) is 9.05. The van der Waals surface area contributed by atoms with E-state index in [2.05, 4.69) is 32.6 Å². The maximum absolute atomic E-state index is 13.3. The van der Waals surface area contributed by atoms with E-state index in [4.69, 9.17) is 9.47 Å². The molecule has 0 atom stereocenters. The zero-order valence-electron chi connectivity index (χ0n) is 17.8. The van der Waals surface area contributed by atoms with Crippen LogP contribution >= 0.6 is 0 Å². The van der Waals surface area contributed by atoms with Gasteiger partial charge in [0.15, 0.2) is 23.1 Å². The van der Waals surface area contributed by atoms with Gasteiger partial charge >= 0.3 is 0 Å². The Balaban J connectivity index is 1.85. The fourth-order valence-electron chi connectivity index (χ4n) is 2.71. The molecule has 0 aliphatic rings. The Labute approximate surface area is 180 Å². The molecule has 160 valence electrons. The first-order chi connectivity index (χ1) is 14.7. The quantitative estimate of drug-likeness (QED) is 0.558. The number of pyridine rings is 1. The third-order valence-corrected chi connectivity index (χ3v) is 4.28. The van der Waals surface area contributed by atoms with Gasteiger partial charge < -0.3 is 9.47 Å². The molecule has 6 heteroatoms. The van der Waals surface area contributed by atoms with Crippen LogP contribution in [0.15, 0.2) is 59.5 Å². The van der Waals surface area contributed by atoms with Gasteiger partial charge in [-0.1, -0.05) is 32.6 Å². The van der Waals surface area contributed by atoms with Crippen molar-refractivity contribution >= 4 is 0 Å². The molecule has 0 saturated heterocycles. The van der Waals surface area contributed by atoms with Crippen LogP contribution in [0.2, 0.25) is 0 Å². The van der Waals surface area contributed by atoms with Gasteiger partial charge in [0.1, 0.15) is 0 Å². The number of hydrogen-bond acceptors (Lipinski definition) is 3. The minimum atomic E-state index is -0.967. The number of aromatic nitrogens is 1. The molecule has 0 saturated carbocycles. The summed E-state index contributed by atoms with van der Waals surface area (Å²) in [6.45, 7) is 6.74. The summed E-state index contributed by atoms with van der Waals surface area (Å²) in [4.78, 5) is 12.6. The lowest BCUT2D eigenvalue weighted by molar-refractivity contribution is 0.191. The van der Waals surface area contributed by atoms with Crippen LogP contribution in [0, 0.1) is 28.9 Å². The molecule has 4 nitrogen and oxygen atoms in total. The lowest BCUT2D eigenvalue weighted by Crippen LogP contribution is -2.18. The topological polar surface area (TPSA) is 40.5 Å². The first-order valence-electron chi connectivity index (χ1n) is 9.67. The summed E-state index contributed by atoms with van der Waals surface area (Å²) in [6, 6.07) is 11.7. The van der Waals surface area contributed by atoms with Gasteiger partial charge in [0.05, 0.1) is 19.4 Å². The summed E-state index contributed by atoms with van der Waals surface area (Å²) in [7, 11) is 1.54. The maximum atomic E-state index is 13.3. The van der Waals surface area contributed by atoms with Crippen molar-refractivity contribution in [2.75, 3.05) is 13.7 Å². The fourth-order valence-corrected chi connectivity index (χ4v) is 2.71. The van der Waals surface area contributed by atoms with E-state index in [0.29, 0.717) is 34.9 Å². The Morgan fingerprint density at radius 2 is 1.61 bits per heavy atom. The van der Waals surface area contributed by atoms with Crippen LogP contribution in [0.1, 0.15) is 31.9 Å². The number of rotatable bonds is 4. The van der Waals surface area contributed by atoms with E-state index in [0.717, 1.165) is 12.1 Å². The van der Waals surface area contributed by atoms with Crippen LogP contribution in [-0.2, 0) is 0 Å². The zero-order valence-corrected chi connectivity index (χ0v) is 17.8. The lowest BCUT2D eigenvalue weighted by atomic mass is 9.99. The SMILES string of the molecule is COc1cc(-n2ccc(C#Cc3ccc(F)c(F)c3)cc2=O)ccc1OCC(C)(C)C. The highest BCUT2D eigenvalue weighted by Crippen LogP contribution is 2.30. The molecule has 0 radical (unpaired) electrons. The number of benzene rings is 2. The summed E-state index contributed by atoms with van der Waals surface area (Å²) in [6.07, 6.45) is 1.60. The average molecular weight is 423 g/mol. The minimum Gasteiger partial charge on any atom is -0.493 e. The Morgan fingerprint density at radius 3 is 2.23 bits per heavy atom. The Kier molecular flexibility index (Phi) is 6.45. The molecule has 0 unspecified atom stereocenters. The molecule has 2 aromatic carbocycles. The third-order valence-electron chi connectivity index (χ3n) is 4.28. The second-order valence-electron chi connectivity index (χ2n) is 8.19. The number of halogens is 2.